The molecule has 16 heavy (non-hydrogen) atoms. The van der Waals surface area contributed by atoms with E-state index < -0.39 is 0 Å². The van der Waals surface area contributed by atoms with Crippen LogP contribution in [0.5, 0.6) is 0 Å². The average molecular weight is 239 g/mol. The van der Waals surface area contributed by atoms with Gasteiger partial charge in [-0.3, -0.25) is 10.1 Å². The smallest absolute Gasteiger partial charge is 0.237 e. The summed E-state index contributed by atoms with van der Waals surface area (Å²) in [4.78, 5) is 17.0. The highest BCUT2D eigenvalue weighted by molar-refractivity contribution is 7.09. The van der Waals surface area contributed by atoms with Crippen LogP contribution in [-0.2, 0) is 4.79 Å². The highest BCUT2D eigenvalue weighted by Gasteiger charge is 2.24. The molecule has 1 fully saturated rings. The molecule has 1 aliphatic rings. The van der Waals surface area contributed by atoms with E-state index in [1.54, 1.807) is 11.3 Å². The summed E-state index contributed by atoms with van der Waals surface area (Å²) in [6, 6.07) is 0.145. The highest BCUT2D eigenvalue weighted by atomic mass is 32.1. The minimum atomic E-state index is -0.0507. The van der Waals surface area contributed by atoms with Crippen molar-refractivity contribution in [2.45, 2.75) is 38.8 Å². The second-order valence-corrected chi connectivity index (χ2v) is 5.06. The molecule has 1 aromatic heterocycles. The number of piperidine rings is 1. The molecule has 5 heteroatoms. The molecule has 2 N–H and O–H groups in total. The molecule has 2 unspecified atom stereocenters. The summed E-state index contributed by atoms with van der Waals surface area (Å²) in [5.74, 6) is 0.125. The number of carbonyl (C=O) groups excluding carboxylic acids is 1. The molecule has 88 valence electrons. The van der Waals surface area contributed by atoms with Crippen LogP contribution >= 0.6 is 11.3 Å². The third-order valence-electron chi connectivity index (χ3n) is 2.91. The van der Waals surface area contributed by atoms with Crippen LogP contribution in [0.2, 0.25) is 0 Å². The summed E-state index contributed by atoms with van der Waals surface area (Å²) < 4.78 is 0. The Hall–Kier alpha value is -0.940. The lowest BCUT2D eigenvalue weighted by molar-refractivity contribution is -0.124. The van der Waals surface area contributed by atoms with Crippen molar-refractivity contribution in [3.8, 4) is 0 Å². The van der Waals surface area contributed by atoms with Crippen LogP contribution in [0.4, 0.5) is 0 Å². The summed E-state index contributed by atoms with van der Waals surface area (Å²) >= 11 is 1.64. The Labute approximate surface area is 99.5 Å². The van der Waals surface area contributed by atoms with E-state index in [1.807, 2.05) is 12.4 Å². The fourth-order valence-corrected chi connectivity index (χ4v) is 2.85. The first-order valence-electron chi connectivity index (χ1n) is 5.62. The predicted octanol–water partition coefficient (Wildman–Crippen LogP) is 1.38. The minimum Gasteiger partial charge on any atom is -0.355 e. The third kappa shape index (κ3) is 2.41. The molecule has 0 radical (unpaired) electrons. The van der Waals surface area contributed by atoms with E-state index in [0.717, 1.165) is 25.1 Å². The normalized spacial score (nSPS) is 22.9. The van der Waals surface area contributed by atoms with Gasteiger partial charge in [-0.15, -0.1) is 11.3 Å². The van der Waals surface area contributed by atoms with Gasteiger partial charge in [0.2, 0.25) is 5.91 Å². The average Bonchev–Trinajstić information content (AvgIpc) is 2.68. The lowest BCUT2D eigenvalue weighted by Gasteiger charge is -2.25. The molecular formula is C11H17N3OS. The molecule has 4 nitrogen and oxygen atoms in total. The highest BCUT2D eigenvalue weighted by Crippen LogP contribution is 2.22. The van der Waals surface area contributed by atoms with Crippen molar-refractivity contribution in [2.75, 3.05) is 6.54 Å². The molecule has 2 heterocycles. The van der Waals surface area contributed by atoms with E-state index in [-0.39, 0.29) is 18.0 Å². The van der Waals surface area contributed by atoms with Crippen LogP contribution in [-0.4, -0.2) is 23.5 Å². The van der Waals surface area contributed by atoms with Gasteiger partial charge in [0.25, 0.3) is 0 Å². The molecule has 1 aliphatic heterocycles. The zero-order valence-corrected chi connectivity index (χ0v) is 10.4. The number of nitrogens with zero attached hydrogens (tertiary/aromatic N) is 1. The van der Waals surface area contributed by atoms with Gasteiger partial charge < -0.3 is 5.32 Å². The summed E-state index contributed by atoms with van der Waals surface area (Å²) in [5, 5.41) is 6.25. The number of nitrogens with one attached hydrogen (secondary N) is 2. The van der Waals surface area contributed by atoms with Crippen molar-refractivity contribution in [1.82, 2.24) is 15.6 Å². The second kappa shape index (κ2) is 4.93. The summed E-state index contributed by atoms with van der Waals surface area (Å²) in [6.07, 6.45) is 1.98. The number of aromatic nitrogens is 1. The molecule has 1 amide bonds. The number of amides is 1. The fourth-order valence-electron chi connectivity index (χ4n) is 2.04. The van der Waals surface area contributed by atoms with Gasteiger partial charge in [0.1, 0.15) is 0 Å². The number of aryl methyl sites for hydroxylation is 1. The largest absolute Gasteiger partial charge is 0.355 e. The molecular weight excluding hydrogens is 222 g/mol. The van der Waals surface area contributed by atoms with Crippen LogP contribution in [0, 0.1) is 6.92 Å². The summed E-state index contributed by atoms with van der Waals surface area (Å²) in [5.41, 5.74) is 2.91. The van der Waals surface area contributed by atoms with Gasteiger partial charge in [-0.25, -0.2) is 4.98 Å². The Balaban J connectivity index is 1.99. The van der Waals surface area contributed by atoms with Crippen molar-refractivity contribution >= 4 is 17.2 Å². The van der Waals surface area contributed by atoms with Gasteiger partial charge in [-0.05, 0) is 26.7 Å². The van der Waals surface area contributed by atoms with Crippen molar-refractivity contribution in [1.29, 1.82) is 0 Å². The fraction of sp³-hybridized carbons (Fsp3) is 0.636. The van der Waals surface area contributed by atoms with Gasteiger partial charge in [-0.2, -0.15) is 0 Å². The molecule has 0 aromatic carbocycles. The topological polar surface area (TPSA) is 54.0 Å². The zero-order chi connectivity index (χ0) is 11.5. The molecule has 2 atom stereocenters. The third-order valence-corrected chi connectivity index (χ3v) is 4.03. The minimum absolute atomic E-state index is 0.0507. The number of hydrogen-bond donors (Lipinski definition) is 2. The van der Waals surface area contributed by atoms with Crippen molar-refractivity contribution < 1.29 is 4.79 Å². The molecule has 0 spiro atoms. The van der Waals surface area contributed by atoms with Crippen LogP contribution < -0.4 is 10.6 Å². The number of carbonyl (C=O) groups is 1. The van der Waals surface area contributed by atoms with Gasteiger partial charge in [0, 0.05) is 17.5 Å². The molecule has 0 bridgehead atoms. The Bertz CT molecular complexity index is 377. The number of hydrogen-bond acceptors (Lipinski definition) is 4. The van der Waals surface area contributed by atoms with E-state index in [4.69, 9.17) is 0 Å². The van der Waals surface area contributed by atoms with Crippen molar-refractivity contribution in [2.24, 2.45) is 0 Å². The molecule has 0 saturated carbocycles. The van der Waals surface area contributed by atoms with Crippen LogP contribution in [0.3, 0.4) is 0 Å². The predicted molar refractivity (Wildman–Crippen MR) is 64.4 cm³/mol. The molecule has 1 saturated heterocycles. The Morgan fingerprint density at radius 3 is 3.12 bits per heavy atom. The number of thiazole rings is 1. The zero-order valence-electron chi connectivity index (χ0n) is 9.62. The van der Waals surface area contributed by atoms with E-state index >= 15 is 0 Å². The SMILES string of the molecule is Cc1ncsc1C(C)NC1CCCNC1=O. The van der Waals surface area contributed by atoms with Gasteiger partial charge in [0.05, 0.1) is 17.2 Å². The van der Waals surface area contributed by atoms with E-state index in [2.05, 4.69) is 22.5 Å². The maximum atomic E-state index is 11.6. The quantitative estimate of drug-likeness (QED) is 0.838. The monoisotopic (exact) mass is 239 g/mol. The Morgan fingerprint density at radius 1 is 1.69 bits per heavy atom. The van der Waals surface area contributed by atoms with E-state index in [0.29, 0.717) is 0 Å². The van der Waals surface area contributed by atoms with Crippen LogP contribution in [0.1, 0.15) is 36.4 Å². The number of rotatable bonds is 3. The van der Waals surface area contributed by atoms with E-state index in [1.165, 1.54) is 4.88 Å². The second-order valence-electron chi connectivity index (χ2n) is 4.18. The first kappa shape index (κ1) is 11.5. The standard InChI is InChI=1S/C11H17N3OS/c1-7-10(16-6-13-7)8(2)14-9-4-3-5-12-11(9)15/h6,8-9,14H,3-5H2,1-2H3,(H,12,15). The summed E-state index contributed by atoms with van der Waals surface area (Å²) in [7, 11) is 0. The lowest BCUT2D eigenvalue weighted by atomic mass is 10.1. The van der Waals surface area contributed by atoms with Crippen LogP contribution in [0.25, 0.3) is 0 Å². The molecule has 0 aliphatic carbocycles. The molecule has 2 rings (SSSR count). The van der Waals surface area contributed by atoms with Crippen molar-refractivity contribution in [3.63, 3.8) is 0 Å². The lowest BCUT2D eigenvalue weighted by Crippen LogP contribution is -2.48. The van der Waals surface area contributed by atoms with Crippen molar-refractivity contribution in [3.05, 3.63) is 16.1 Å². The Morgan fingerprint density at radius 2 is 2.50 bits per heavy atom. The maximum Gasteiger partial charge on any atom is 0.237 e. The summed E-state index contributed by atoms with van der Waals surface area (Å²) in [6.45, 7) is 4.90. The Kier molecular flexibility index (Phi) is 3.56. The molecule has 1 aromatic rings. The van der Waals surface area contributed by atoms with Gasteiger partial charge in [0.15, 0.2) is 0 Å². The van der Waals surface area contributed by atoms with Gasteiger partial charge >= 0.3 is 0 Å². The van der Waals surface area contributed by atoms with Gasteiger partial charge in [-0.1, -0.05) is 0 Å². The van der Waals surface area contributed by atoms with E-state index in [9.17, 15) is 4.79 Å². The van der Waals surface area contributed by atoms with Crippen LogP contribution in [0.15, 0.2) is 5.51 Å². The first-order chi connectivity index (χ1) is 7.68. The first-order valence-corrected chi connectivity index (χ1v) is 6.50. The maximum absolute atomic E-state index is 11.6.